The van der Waals surface area contributed by atoms with Crippen LogP contribution < -0.4 is 5.32 Å². The number of nitrogens with zero attached hydrogens (tertiary/aromatic N) is 3. The average molecular weight is 525 g/mol. The van der Waals surface area contributed by atoms with Gasteiger partial charge in [-0.15, -0.1) is 23.4 Å². The Hall–Kier alpha value is -3.18. The molecule has 0 radical (unpaired) electrons. The maximum Gasteiger partial charge on any atom is 0.524 e. The van der Waals surface area contributed by atoms with Crippen LogP contribution in [0, 0.1) is 6.92 Å². The van der Waals surface area contributed by atoms with Gasteiger partial charge in [-0.1, -0.05) is 48.0 Å². The second kappa shape index (κ2) is 10.4. The molecule has 2 heterocycles. The van der Waals surface area contributed by atoms with Gasteiger partial charge in [0.15, 0.2) is 5.06 Å². The molecule has 8 nitrogen and oxygen atoms in total. The van der Waals surface area contributed by atoms with Gasteiger partial charge in [-0.05, 0) is 30.9 Å². The molecule has 1 saturated heterocycles. The predicted octanol–water partition coefficient (Wildman–Crippen LogP) is 4.26. The maximum absolute atomic E-state index is 13.3. The Balaban J connectivity index is 1.52. The van der Waals surface area contributed by atoms with E-state index in [0.29, 0.717) is 30.8 Å². The minimum absolute atomic E-state index is 0.115. The number of benzene rings is 1. The summed E-state index contributed by atoms with van der Waals surface area (Å²) in [7, 11) is 0. The number of halogens is 4. The molecular formula is C24H24ClF3N4O4. The van der Waals surface area contributed by atoms with Gasteiger partial charge in [0.05, 0.1) is 0 Å². The van der Waals surface area contributed by atoms with Crippen molar-refractivity contribution in [1.29, 1.82) is 0 Å². The van der Waals surface area contributed by atoms with Gasteiger partial charge in [0.25, 0.3) is 0 Å². The summed E-state index contributed by atoms with van der Waals surface area (Å²) in [6, 6.07) is 7.52. The summed E-state index contributed by atoms with van der Waals surface area (Å²) in [6.07, 6.45) is -0.871. The SMILES string of the molecule is Cc1nnc(CC(=O)N2CCCC[C@@H]2C(=O)NC2=CC=C(c3ccccc3)C(Cl)(OC(F)(F)F)C2)o1. The van der Waals surface area contributed by atoms with E-state index in [-0.39, 0.29) is 29.5 Å². The fraction of sp³-hybridized carbons (Fsp3) is 0.417. The van der Waals surface area contributed by atoms with E-state index in [2.05, 4.69) is 20.3 Å². The van der Waals surface area contributed by atoms with E-state index >= 15 is 0 Å². The Bertz CT molecular complexity index is 1180. The van der Waals surface area contributed by atoms with Crippen molar-refractivity contribution in [2.75, 3.05) is 6.54 Å². The molecule has 1 aromatic carbocycles. The number of carbonyl (C=O) groups is 2. The van der Waals surface area contributed by atoms with Crippen molar-refractivity contribution in [2.45, 2.75) is 56.5 Å². The molecular weight excluding hydrogens is 501 g/mol. The predicted molar refractivity (Wildman–Crippen MR) is 123 cm³/mol. The topological polar surface area (TPSA) is 97.6 Å². The molecule has 1 aliphatic carbocycles. The summed E-state index contributed by atoms with van der Waals surface area (Å²) >= 11 is 6.41. The third-order valence-corrected chi connectivity index (χ3v) is 6.33. The van der Waals surface area contributed by atoms with Crippen LogP contribution in [0.4, 0.5) is 13.2 Å². The first-order chi connectivity index (χ1) is 17.0. The smallest absolute Gasteiger partial charge is 0.425 e. The van der Waals surface area contributed by atoms with Gasteiger partial charge >= 0.3 is 6.36 Å². The first-order valence-corrected chi connectivity index (χ1v) is 11.7. The van der Waals surface area contributed by atoms with Crippen molar-refractivity contribution >= 4 is 29.0 Å². The van der Waals surface area contributed by atoms with Crippen molar-refractivity contribution in [3.05, 3.63) is 65.5 Å². The number of likely N-dealkylation sites (tertiary alicyclic amines) is 1. The quantitative estimate of drug-likeness (QED) is 0.567. The molecule has 1 fully saturated rings. The average Bonchev–Trinajstić information content (AvgIpc) is 3.22. The minimum Gasteiger partial charge on any atom is -0.425 e. The van der Waals surface area contributed by atoms with Gasteiger partial charge < -0.3 is 14.6 Å². The third kappa shape index (κ3) is 6.14. The van der Waals surface area contributed by atoms with Crippen LogP contribution in [0.25, 0.3) is 5.57 Å². The number of aryl methyl sites for hydroxylation is 1. The largest absolute Gasteiger partial charge is 0.524 e. The van der Waals surface area contributed by atoms with Gasteiger partial charge in [0, 0.05) is 31.2 Å². The zero-order valence-corrected chi connectivity index (χ0v) is 20.1. The number of piperidine rings is 1. The monoisotopic (exact) mass is 524 g/mol. The van der Waals surface area contributed by atoms with E-state index in [0.717, 1.165) is 6.42 Å². The van der Waals surface area contributed by atoms with Crippen molar-refractivity contribution in [2.24, 2.45) is 0 Å². The number of nitrogens with one attached hydrogen (secondary N) is 1. The summed E-state index contributed by atoms with van der Waals surface area (Å²) in [5, 5.41) is 7.89. The molecule has 2 aliphatic rings. The van der Waals surface area contributed by atoms with Gasteiger partial charge in [-0.3, -0.25) is 14.3 Å². The van der Waals surface area contributed by atoms with E-state index < -0.39 is 29.8 Å². The molecule has 36 heavy (non-hydrogen) atoms. The fourth-order valence-electron chi connectivity index (χ4n) is 4.38. The number of hydrogen-bond acceptors (Lipinski definition) is 6. The zero-order valence-electron chi connectivity index (χ0n) is 19.3. The standard InChI is InChI=1S/C24H24ClF3N4O4/c1-15-30-31-20(35-15)13-21(33)32-12-6-5-9-19(32)22(34)29-17-10-11-18(16-7-3-2-4-8-16)23(25,14-17)36-24(26,27)28/h2-4,7-8,10-11,19H,5-6,9,12-14H2,1H3,(H,29,34)/t19-,23?/m1/s1. The Morgan fingerprint density at radius 2 is 1.97 bits per heavy atom. The van der Waals surface area contributed by atoms with E-state index in [1.165, 1.54) is 17.1 Å². The number of ether oxygens (including phenoxy) is 1. The molecule has 192 valence electrons. The molecule has 4 rings (SSSR count). The number of allylic oxidation sites excluding steroid dienone is 2. The first kappa shape index (κ1) is 25.9. The fourth-order valence-corrected chi connectivity index (χ4v) is 4.78. The van der Waals surface area contributed by atoms with Gasteiger partial charge in [0.1, 0.15) is 12.5 Å². The van der Waals surface area contributed by atoms with Crippen molar-refractivity contribution in [3.8, 4) is 0 Å². The lowest BCUT2D eigenvalue weighted by molar-refractivity contribution is -0.342. The summed E-state index contributed by atoms with van der Waals surface area (Å²) in [5.74, 6) is -0.399. The van der Waals surface area contributed by atoms with Gasteiger partial charge in [-0.25, -0.2) is 0 Å². The first-order valence-electron chi connectivity index (χ1n) is 11.4. The molecule has 0 bridgehead atoms. The van der Waals surface area contributed by atoms with Crippen LogP contribution in [0.3, 0.4) is 0 Å². The van der Waals surface area contributed by atoms with Gasteiger partial charge in [-0.2, -0.15) is 0 Å². The molecule has 1 N–H and O–H groups in total. The van der Waals surface area contributed by atoms with Crippen molar-refractivity contribution < 1.29 is 31.9 Å². The number of alkyl halides is 4. The Labute approximate surface area is 210 Å². The Kier molecular flexibility index (Phi) is 7.51. The summed E-state index contributed by atoms with van der Waals surface area (Å²) in [6.45, 7) is 1.96. The van der Waals surface area contributed by atoms with Crippen molar-refractivity contribution in [3.63, 3.8) is 0 Å². The Morgan fingerprint density at radius 3 is 2.64 bits per heavy atom. The lowest BCUT2D eigenvalue weighted by atomic mass is 9.92. The number of rotatable bonds is 6. The second-order valence-corrected chi connectivity index (χ2v) is 9.18. The Morgan fingerprint density at radius 1 is 1.22 bits per heavy atom. The number of carbonyl (C=O) groups excluding carboxylic acids is 2. The summed E-state index contributed by atoms with van der Waals surface area (Å²) < 4.78 is 49.4. The lowest BCUT2D eigenvalue weighted by Crippen LogP contribution is -2.52. The highest BCUT2D eigenvalue weighted by molar-refractivity contribution is 6.29. The summed E-state index contributed by atoms with van der Waals surface area (Å²) in [5.41, 5.74) is 0.715. The summed E-state index contributed by atoms with van der Waals surface area (Å²) in [4.78, 5) is 27.5. The molecule has 1 aromatic heterocycles. The zero-order chi connectivity index (χ0) is 25.9. The highest BCUT2D eigenvalue weighted by atomic mass is 35.5. The number of amides is 2. The molecule has 2 atom stereocenters. The molecule has 2 amide bonds. The highest BCUT2D eigenvalue weighted by Gasteiger charge is 2.47. The normalized spacial score (nSPS) is 22.6. The van der Waals surface area contributed by atoms with Crippen LogP contribution in [0.2, 0.25) is 0 Å². The van der Waals surface area contributed by atoms with Gasteiger partial charge in [0.2, 0.25) is 23.6 Å². The van der Waals surface area contributed by atoms with Crippen molar-refractivity contribution in [1.82, 2.24) is 20.4 Å². The van der Waals surface area contributed by atoms with Crippen LogP contribution in [0.1, 0.15) is 43.0 Å². The molecule has 12 heteroatoms. The molecule has 1 unspecified atom stereocenters. The molecule has 0 saturated carbocycles. The molecule has 1 aliphatic heterocycles. The van der Waals surface area contributed by atoms with E-state index in [1.54, 1.807) is 37.3 Å². The van der Waals surface area contributed by atoms with Crippen LogP contribution in [-0.2, 0) is 20.7 Å². The van der Waals surface area contributed by atoms with E-state index in [9.17, 15) is 22.8 Å². The second-order valence-electron chi connectivity index (χ2n) is 8.57. The molecule has 2 aromatic rings. The van der Waals surface area contributed by atoms with Crippen LogP contribution in [-0.4, -0.2) is 50.9 Å². The van der Waals surface area contributed by atoms with Crippen LogP contribution >= 0.6 is 11.6 Å². The molecule has 0 spiro atoms. The number of hydrogen-bond donors (Lipinski definition) is 1. The minimum atomic E-state index is -5.01. The maximum atomic E-state index is 13.3. The van der Waals surface area contributed by atoms with E-state index in [1.807, 2.05) is 0 Å². The van der Waals surface area contributed by atoms with Crippen LogP contribution in [0.15, 0.2) is 52.6 Å². The highest BCUT2D eigenvalue weighted by Crippen LogP contribution is 2.45. The third-order valence-electron chi connectivity index (χ3n) is 5.91. The van der Waals surface area contributed by atoms with Crippen LogP contribution in [0.5, 0.6) is 0 Å². The number of aromatic nitrogens is 2. The van der Waals surface area contributed by atoms with E-state index in [4.69, 9.17) is 16.0 Å². The lowest BCUT2D eigenvalue weighted by Gasteiger charge is -2.36.